The van der Waals surface area contributed by atoms with Gasteiger partial charge in [0.2, 0.25) is 5.91 Å². The van der Waals surface area contributed by atoms with Gasteiger partial charge in [-0.3, -0.25) is 9.52 Å². The first-order chi connectivity index (χ1) is 17.3. The highest BCUT2D eigenvalue weighted by atomic mass is 32.2. The highest BCUT2D eigenvalue weighted by Crippen LogP contribution is 2.39. The number of aromatic nitrogens is 2. The number of benzene rings is 2. The van der Waals surface area contributed by atoms with Crippen LogP contribution in [0.1, 0.15) is 53.5 Å². The molecule has 1 aliphatic carbocycles. The molecule has 4 aromatic rings. The van der Waals surface area contributed by atoms with Crippen LogP contribution in [0.3, 0.4) is 0 Å². The molecule has 0 saturated heterocycles. The number of fused-ring (bicyclic) bond motifs is 1. The number of nitrogens with zero attached hydrogens (tertiary/aromatic N) is 2. The van der Waals surface area contributed by atoms with Crippen LogP contribution >= 0.6 is 0 Å². The fourth-order valence-electron chi connectivity index (χ4n) is 4.07. The maximum Gasteiger partial charge on any atom is 0.261 e. The van der Waals surface area contributed by atoms with E-state index in [1.54, 1.807) is 36.7 Å². The molecule has 1 amide bonds. The van der Waals surface area contributed by atoms with Crippen molar-refractivity contribution in [3.05, 3.63) is 77.1 Å². The average Bonchev–Trinajstić information content (AvgIpc) is 3.44. The lowest BCUT2D eigenvalue weighted by Crippen LogP contribution is -2.23. The number of aromatic amines is 1. The lowest BCUT2D eigenvalue weighted by molar-refractivity contribution is -0.121. The number of hydrogen-bond acceptors (Lipinski definition) is 6. The molecular weight excluding hydrogens is 478 g/mol. The van der Waals surface area contributed by atoms with Crippen molar-refractivity contribution in [1.82, 2.24) is 15.3 Å². The van der Waals surface area contributed by atoms with Crippen LogP contribution < -0.4 is 10.0 Å². The molecule has 184 valence electrons. The second kappa shape index (κ2) is 9.51. The van der Waals surface area contributed by atoms with Crippen LogP contribution in [0, 0.1) is 18.3 Å². The molecule has 5 rings (SSSR count). The molecule has 0 unspecified atom stereocenters. The number of H-pyrrole nitrogens is 1. The maximum absolute atomic E-state index is 13.0. The van der Waals surface area contributed by atoms with Gasteiger partial charge < -0.3 is 14.7 Å². The molecule has 1 fully saturated rings. The van der Waals surface area contributed by atoms with E-state index in [2.05, 4.69) is 26.1 Å². The highest BCUT2D eigenvalue weighted by Gasteiger charge is 2.28. The fourth-order valence-corrected chi connectivity index (χ4v) is 5.14. The van der Waals surface area contributed by atoms with Gasteiger partial charge in [-0.2, -0.15) is 5.26 Å². The Morgan fingerprint density at radius 2 is 2.00 bits per heavy atom. The van der Waals surface area contributed by atoms with E-state index in [9.17, 15) is 18.5 Å². The third kappa shape index (κ3) is 4.97. The Hall–Kier alpha value is -4.10. The summed E-state index contributed by atoms with van der Waals surface area (Å²) in [4.78, 5) is 19.6. The molecule has 1 saturated carbocycles. The van der Waals surface area contributed by atoms with Crippen molar-refractivity contribution in [2.45, 2.75) is 50.0 Å². The summed E-state index contributed by atoms with van der Waals surface area (Å²) in [6.45, 7) is 2.15. The minimum absolute atomic E-state index is 0.0927. The van der Waals surface area contributed by atoms with Crippen LogP contribution in [0.25, 0.3) is 10.9 Å². The summed E-state index contributed by atoms with van der Waals surface area (Å²) in [5, 5.41) is 12.9. The number of aryl methyl sites for hydroxylation is 2. The SMILES string of the molecule is Cc1ccc(NS(=O)(=O)c2ccc(CNC(=O)CCc3cnc(C4CC4)o3)cc2)c2[nH]cc(C#N)c12. The number of amides is 1. The predicted molar refractivity (Wildman–Crippen MR) is 134 cm³/mol. The Kier molecular flexibility index (Phi) is 6.24. The Morgan fingerprint density at radius 1 is 1.22 bits per heavy atom. The summed E-state index contributed by atoms with van der Waals surface area (Å²) < 4.78 is 34.2. The molecule has 10 heteroatoms. The summed E-state index contributed by atoms with van der Waals surface area (Å²) in [6.07, 6.45) is 6.25. The van der Waals surface area contributed by atoms with Crippen molar-refractivity contribution in [1.29, 1.82) is 5.26 Å². The summed E-state index contributed by atoms with van der Waals surface area (Å²) >= 11 is 0. The molecule has 2 aromatic carbocycles. The van der Waals surface area contributed by atoms with Crippen molar-refractivity contribution in [2.75, 3.05) is 4.72 Å². The van der Waals surface area contributed by atoms with Crippen LogP contribution in [-0.4, -0.2) is 24.3 Å². The molecule has 9 nitrogen and oxygen atoms in total. The molecule has 2 heterocycles. The monoisotopic (exact) mass is 503 g/mol. The molecule has 0 bridgehead atoms. The molecule has 0 aliphatic heterocycles. The second-order valence-electron chi connectivity index (χ2n) is 8.96. The lowest BCUT2D eigenvalue weighted by atomic mass is 10.1. The molecular formula is C26H25N5O4S. The zero-order chi connectivity index (χ0) is 25.3. The van der Waals surface area contributed by atoms with Gasteiger partial charge in [0.15, 0.2) is 5.89 Å². The molecule has 36 heavy (non-hydrogen) atoms. The number of hydrogen-bond donors (Lipinski definition) is 3. The third-order valence-corrected chi connectivity index (χ3v) is 7.61. The maximum atomic E-state index is 13.0. The number of carbonyl (C=O) groups is 1. The van der Waals surface area contributed by atoms with Gasteiger partial charge >= 0.3 is 0 Å². The Labute approximate surface area is 208 Å². The van der Waals surface area contributed by atoms with E-state index >= 15 is 0 Å². The van der Waals surface area contributed by atoms with Crippen LogP contribution in [0.4, 0.5) is 5.69 Å². The first-order valence-corrected chi connectivity index (χ1v) is 13.2. The van der Waals surface area contributed by atoms with E-state index in [1.807, 2.05) is 6.92 Å². The number of rotatable bonds is 9. The van der Waals surface area contributed by atoms with Gasteiger partial charge in [-0.1, -0.05) is 18.2 Å². The minimum atomic E-state index is -3.86. The number of sulfonamides is 1. The van der Waals surface area contributed by atoms with Gasteiger partial charge in [0.1, 0.15) is 11.8 Å². The first kappa shape index (κ1) is 23.6. The quantitative estimate of drug-likeness (QED) is 0.312. The first-order valence-electron chi connectivity index (χ1n) is 11.7. The highest BCUT2D eigenvalue weighted by molar-refractivity contribution is 7.92. The Balaban J connectivity index is 1.18. The molecule has 1 aliphatic rings. The second-order valence-corrected chi connectivity index (χ2v) is 10.6. The van der Waals surface area contributed by atoms with Gasteiger partial charge in [-0.25, -0.2) is 13.4 Å². The van der Waals surface area contributed by atoms with Gasteiger partial charge in [0.05, 0.1) is 27.9 Å². The smallest absolute Gasteiger partial charge is 0.261 e. The third-order valence-electron chi connectivity index (χ3n) is 6.23. The topological polar surface area (TPSA) is 141 Å². The van der Waals surface area contributed by atoms with E-state index in [1.165, 1.54) is 12.1 Å². The standard InChI is InChI=1S/C26H25N5O4S/c1-16-2-10-22(25-24(16)19(12-27)14-29-25)31-36(33,34)21-8-3-17(4-9-21)13-28-23(32)11-7-20-15-30-26(35-20)18-5-6-18/h2-4,8-10,14-15,18,29,31H,5-7,11,13H2,1H3,(H,28,32). The fraction of sp³-hybridized carbons (Fsp3) is 0.269. The largest absolute Gasteiger partial charge is 0.445 e. The molecule has 0 radical (unpaired) electrons. The molecule has 3 N–H and O–H groups in total. The van der Waals surface area contributed by atoms with E-state index in [0.29, 0.717) is 40.3 Å². The zero-order valence-electron chi connectivity index (χ0n) is 19.7. The minimum Gasteiger partial charge on any atom is -0.445 e. The van der Waals surface area contributed by atoms with Crippen LogP contribution in [0.5, 0.6) is 0 Å². The summed E-state index contributed by atoms with van der Waals surface area (Å²) in [5.41, 5.74) is 3.03. The number of nitrogens with one attached hydrogen (secondary N) is 3. The normalized spacial score (nSPS) is 13.4. The van der Waals surface area contributed by atoms with Crippen LogP contribution in [0.15, 0.2) is 58.1 Å². The number of oxazole rings is 1. The molecule has 0 atom stereocenters. The molecule has 0 spiro atoms. The van der Waals surface area contributed by atoms with E-state index < -0.39 is 10.0 Å². The van der Waals surface area contributed by atoms with Gasteiger partial charge in [-0.15, -0.1) is 0 Å². The van der Waals surface area contributed by atoms with Gasteiger partial charge in [0, 0.05) is 36.9 Å². The van der Waals surface area contributed by atoms with Gasteiger partial charge in [-0.05, 0) is 49.1 Å². The Morgan fingerprint density at radius 3 is 2.72 bits per heavy atom. The van der Waals surface area contributed by atoms with Crippen molar-refractivity contribution in [2.24, 2.45) is 0 Å². The van der Waals surface area contributed by atoms with Crippen molar-refractivity contribution >= 4 is 32.5 Å². The number of carbonyl (C=O) groups excluding carboxylic acids is 1. The molecule has 2 aromatic heterocycles. The van der Waals surface area contributed by atoms with E-state index in [4.69, 9.17) is 4.42 Å². The van der Waals surface area contributed by atoms with E-state index in [-0.39, 0.29) is 23.8 Å². The Bertz CT molecular complexity index is 1570. The summed E-state index contributed by atoms with van der Waals surface area (Å²) in [6, 6.07) is 11.9. The van der Waals surface area contributed by atoms with Crippen molar-refractivity contribution in [3.8, 4) is 6.07 Å². The van der Waals surface area contributed by atoms with Crippen molar-refractivity contribution < 1.29 is 17.6 Å². The van der Waals surface area contributed by atoms with Crippen LogP contribution in [-0.2, 0) is 27.8 Å². The van der Waals surface area contributed by atoms with Crippen molar-refractivity contribution in [3.63, 3.8) is 0 Å². The van der Waals surface area contributed by atoms with Crippen LogP contribution in [0.2, 0.25) is 0 Å². The number of nitriles is 1. The van der Waals surface area contributed by atoms with Gasteiger partial charge in [0.25, 0.3) is 10.0 Å². The number of anilines is 1. The summed E-state index contributed by atoms with van der Waals surface area (Å²) in [7, 11) is -3.86. The van der Waals surface area contributed by atoms with E-state index in [0.717, 1.165) is 29.9 Å². The zero-order valence-corrected chi connectivity index (χ0v) is 20.5. The predicted octanol–water partition coefficient (Wildman–Crippen LogP) is 4.26. The summed E-state index contributed by atoms with van der Waals surface area (Å²) in [5.74, 6) is 1.80. The lowest BCUT2D eigenvalue weighted by Gasteiger charge is -2.11. The average molecular weight is 504 g/mol.